The van der Waals surface area contributed by atoms with Crippen LogP contribution >= 0.6 is 15.9 Å². The highest BCUT2D eigenvalue weighted by atomic mass is 79.9. The Morgan fingerprint density at radius 1 is 0.291 bits per heavy atom. The lowest BCUT2D eigenvalue weighted by Crippen LogP contribution is -2.08. The Balaban J connectivity index is 1.88. The average molecular weight is 1160 g/mol. The number of nitrogens with zero attached hydrogens (tertiary/aromatic N) is 2. The normalized spacial score (nSPS) is 11.3. The SMILES string of the molecule is CCCCCCCCOc1cc(-c2cc(-c3cccc(Br)c3)nc(-c3cc(OCCCCCCCC)c(OCCCCCCCC)c(OCCCCCCCC)c3)n2)cc(OCCCCCCCC)c1OCCCCCCCC. The van der Waals surface area contributed by atoms with Crippen LogP contribution in [-0.2, 0) is 0 Å². The van der Waals surface area contributed by atoms with Crippen LogP contribution < -0.4 is 28.4 Å². The molecule has 0 aliphatic heterocycles. The molecule has 444 valence electrons. The fraction of sp³-hybridized carbons (Fsp3) is 0.686. The number of hydrogen-bond donors (Lipinski definition) is 0. The molecule has 0 aliphatic rings. The summed E-state index contributed by atoms with van der Waals surface area (Å²) in [4.78, 5) is 10.9. The minimum absolute atomic E-state index is 0.580. The molecule has 0 spiro atoms. The maximum atomic E-state index is 6.83. The van der Waals surface area contributed by atoms with Crippen molar-refractivity contribution in [2.75, 3.05) is 39.6 Å². The Morgan fingerprint density at radius 3 is 0.886 bits per heavy atom. The summed E-state index contributed by atoms with van der Waals surface area (Å²) in [5, 5.41) is 0. The van der Waals surface area contributed by atoms with E-state index in [-0.39, 0.29) is 0 Å². The topological polar surface area (TPSA) is 81.2 Å². The van der Waals surface area contributed by atoms with Gasteiger partial charge in [-0.3, -0.25) is 0 Å². The number of ether oxygens (including phenoxy) is 6. The fourth-order valence-electron chi connectivity index (χ4n) is 10.0. The van der Waals surface area contributed by atoms with Gasteiger partial charge in [0.1, 0.15) is 0 Å². The largest absolute Gasteiger partial charge is 0.490 e. The summed E-state index contributed by atoms with van der Waals surface area (Å²) in [5.41, 5.74) is 4.26. The molecule has 8 nitrogen and oxygen atoms in total. The molecule has 4 rings (SSSR count). The monoisotopic (exact) mass is 1150 g/mol. The molecule has 79 heavy (non-hydrogen) atoms. The van der Waals surface area contributed by atoms with E-state index < -0.39 is 0 Å². The number of benzene rings is 3. The highest BCUT2D eigenvalue weighted by Crippen LogP contribution is 2.45. The van der Waals surface area contributed by atoms with E-state index in [0.29, 0.717) is 80.0 Å². The van der Waals surface area contributed by atoms with Gasteiger partial charge < -0.3 is 28.4 Å². The van der Waals surface area contributed by atoms with Crippen LogP contribution in [0, 0.1) is 0 Å². The maximum Gasteiger partial charge on any atom is 0.203 e. The van der Waals surface area contributed by atoms with Crippen LogP contribution in [0.2, 0.25) is 0 Å². The van der Waals surface area contributed by atoms with E-state index in [9.17, 15) is 0 Å². The first-order chi connectivity index (χ1) is 39.0. The molecule has 0 unspecified atom stereocenters. The molecule has 0 radical (unpaired) electrons. The van der Waals surface area contributed by atoms with Gasteiger partial charge in [-0.05, 0) is 81.0 Å². The van der Waals surface area contributed by atoms with Gasteiger partial charge in [-0.1, -0.05) is 262 Å². The minimum atomic E-state index is 0.580. The van der Waals surface area contributed by atoms with Crippen molar-refractivity contribution < 1.29 is 28.4 Å². The van der Waals surface area contributed by atoms with E-state index in [4.69, 9.17) is 38.4 Å². The highest BCUT2D eigenvalue weighted by molar-refractivity contribution is 9.10. The zero-order chi connectivity index (χ0) is 56.2. The van der Waals surface area contributed by atoms with Crippen LogP contribution in [0.25, 0.3) is 33.9 Å². The maximum absolute atomic E-state index is 6.83. The van der Waals surface area contributed by atoms with Crippen molar-refractivity contribution in [3.8, 4) is 68.4 Å². The van der Waals surface area contributed by atoms with E-state index >= 15 is 0 Å². The summed E-state index contributed by atoms with van der Waals surface area (Å²) in [7, 11) is 0. The first kappa shape index (κ1) is 67.5. The van der Waals surface area contributed by atoms with Crippen molar-refractivity contribution >= 4 is 15.9 Å². The Bertz CT molecular complexity index is 1940. The van der Waals surface area contributed by atoms with Gasteiger partial charge >= 0.3 is 0 Å². The molecule has 0 aliphatic carbocycles. The van der Waals surface area contributed by atoms with Crippen LogP contribution in [0.15, 0.2) is 59.1 Å². The van der Waals surface area contributed by atoms with Gasteiger partial charge in [-0.25, -0.2) is 9.97 Å². The molecule has 1 heterocycles. The highest BCUT2D eigenvalue weighted by Gasteiger charge is 2.22. The van der Waals surface area contributed by atoms with Crippen molar-refractivity contribution in [1.82, 2.24) is 9.97 Å². The van der Waals surface area contributed by atoms with Gasteiger partial charge in [0.05, 0.1) is 51.0 Å². The lowest BCUT2D eigenvalue weighted by atomic mass is 10.0. The van der Waals surface area contributed by atoms with E-state index in [1.54, 1.807) is 0 Å². The van der Waals surface area contributed by atoms with Crippen molar-refractivity contribution in [3.05, 3.63) is 59.1 Å². The molecule has 1 aromatic heterocycles. The fourth-order valence-corrected chi connectivity index (χ4v) is 10.4. The zero-order valence-corrected chi connectivity index (χ0v) is 52.7. The van der Waals surface area contributed by atoms with Gasteiger partial charge in [-0.15, -0.1) is 0 Å². The van der Waals surface area contributed by atoms with E-state index in [1.165, 1.54) is 154 Å². The predicted molar refractivity (Wildman–Crippen MR) is 339 cm³/mol. The van der Waals surface area contributed by atoms with E-state index in [2.05, 4.69) is 112 Å². The first-order valence-electron chi connectivity index (χ1n) is 32.7. The first-order valence-corrected chi connectivity index (χ1v) is 33.5. The quantitative estimate of drug-likeness (QED) is 0.0405. The Kier molecular flexibility index (Phi) is 38.2. The van der Waals surface area contributed by atoms with Crippen molar-refractivity contribution in [2.24, 2.45) is 0 Å². The third kappa shape index (κ3) is 28.5. The molecule has 0 saturated heterocycles. The summed E-state index contributed by atoms with van der Waals surface area (Å²) in [6.07, 6.45) is 42.7. The second-order valence-electron chi connectivity index (χ2n) is 22.3. The lowest BCUT2D eigenvalue weighted by Gasteiger charge is -2.20. The smallest absolute Gasteiger partial charge is 0.203 e. The molecule has 0 atom stereocenters. The predicted octanol–water partition coefficient (Wildman–Crippen LogP) is 22.7. The summed E-state index contributed by atoms with van der Waals surface area (Å²) in [6, 6.07) is 18.9. The Morgan fingerprint density at radius 2 is 0.570 bits per heavy atom. The molecule has 3 aromatic carbocycles. The third-order valence-electron chi connectivity index (χ3n) is 15.0. The van der Waals surface area contributed by atoms with Gasteiger partial charge in [0, 0.05) is 21.2 Å². The van der Waals surface area contributed by atoms with Crippen LogP contribution in [-0.4, -0.2) is 49.6 Å². The Labute approximate surface area is 491 Å². The zero-order valence-electron chi connectivity index (χ0n) is 51.1. The molecule has 4 aromatic rings. The van der Waals surface area contributed by atoms with Crippen molar-refractivity contribution in [1.29, 1.82) is 0 Å². The van der Waals surface area contributed by atoms with Crippen LogP contribution in [0.3, 0.4) is 0 Å². The second kappa shape index (κ2) is 44.6. The molecule has 0 N–H and O–H groups in total. The minimum Gasteiger partial charge on any atom is -0.490 e. The van der Waals surface area contributed by atoms with E-state index in [0.717, 1.165) is 110 Å². The van der Waals surface area contributed by atoms with Crippen molar-refractivity contribution in [3.63, 3.8) is 0 Å². The van der Waals surface area contributed by atoms with Crippen LogP contribution in [0.4, 0.5) is 0 Å². The molecule has 0 amide bonds. The standard InChI is InChI=1S/C70H111BrN2O6/c1-7-13-19-25-31-37-46-74-64-53-59(54-65(75-47-38-32-26-20-14-8-2)68(64)78-50-41-35-29-23-17-11-5)63-57-62(58-44-43-45-61(71)52-58)72-70(73-63)60-55-66(76-48-39-33-27-21-15-9-3)69(79-51-42-36-30-24-18-12-6)67(56-60)77-49-40-34-28-22-16-10-4/h43-45,52-57H,7-42,46-51H2,1-6H3. The number of hydrogen-bond acceptors (Lipinski definition) is 8. The molecular formula is C70H111BrN2O6. The third-order valence-corrected chi connectivity index (χ3v) is 15.4. The number of rotatable bonds is 51. The average Bonchev–Trinajstić information content (AvgIpc) is 3.50. The summed E-state index contributed by atoms with van der Waals surface area (Å²) >= 11 is 3.77. The molecular weight excluding hydrogens is 1040 g/mol. The van der Waals surface area contributed by atoms with Gasteiger partial charge in [-0.2, -0.15) is 0 Å². The number of unbranched alkanes of at least 4 members (excludes halogenated alkanes) is 30. The number of aromatic nitrogens is 2. The van der Waals surface area contributed by atoms with Crippen LogP contribution in [0.5, 0.6) is 34.5 Å². The second-order valence-corrected chi connectivity index (χ2v) is 23.2. The lowest BCUT2D eigenvalue weighted by molar-refractivity contribution is 0.234. The van der Waals surface area contributed by atoms with Gasteiger partial charge in [0.2, 0.25) is 11.5 Å². The number of halogens is 1. The van der Waals surface area contributed by atoms with E-state index in [1.807, 2.05) is 0 Å². The summed E-state index contributed by atoms with van der Waals surface area (Å²) in [6.45, 7) is 17.3. The molecule has 0 fully saturated rings. The summed E-state index contributed by atoms with van der Waals surface area (Å²) < 4.78 is 41.8. The molecule has 0 saturated carbocycles. The van der Waals surface area contributed by atoms with Crippen LogP contribution in [0.1, 0.15) is 273 Å². The summed E-state index contributed by atoms with van der Waals surface area (Å²) in [5.74, 6) is 4.77. The Hall–Kier alpha value is -3.98. The van der Waals surface area contributed by atoms with Gasteiger partial charge in [0.25, 0.3) is 0 Å². The molecule has 0 bridgehead atoms. The molecule has 9 heteroatoms. The van der Waals surface area contributed by atoms with Crippen molar-refractivity contribution in [2.45, 2.75) is 273 Å². The van der Waals surface area contributed by atoms with Gasteiger partial charge in [0.15, 0.2) is 28.8 Å².